The van der Waals surface area contributed by atoms with Gasteiger partial charge in [-0.15, -0.1) is 0 Å². The molecule has 0 spiro atoms. The second kappa shape index (κ2) is 4.60. The van der Waals surface area contributed by atoms with Gasteiger partial charge in [0.1, 0.15) is 5.82 Å². The van der Waals surface area contributed by atoms with E-state index in [9.17, 15) is 4.79 Å². The number of carbonyl (C=O) groups excluding carboxylic acids is 1. The smallest absolute Gasteiger partial charge is 0.250 e. The predicted octanol–water partition coefficient (Wildman–Crippen LogP) is 0.484. The van der Waals surface area contributed by atoms with Gasteiger partial charge in [0, 0.05) is 13.1 Å². The molecule has 0 unspecified atom stereocenters. The first-order valence-electron chi connectivity index (χ1n) is 4.94. The van der Waals surface area contributed by atoms with Gasteiger partial charge in [-0.05, 0) is 12.1 Å². The Morgan fingerprint density at radius 2 is 2.35 bits per heavy atom. The van der Waals surface area contributed by atoms with Crippen LogP contribution in [0.5, 0.6) is 0 Å². The minimum Gasteiger partial charge on any atom is -0.366 e. The summed E-state index contributed by atoms with van der Waals surface area (Å²) >= 11 is 0. The molecule has 0 bridgehead atoms. The molecule has 0 aromatic carbocycles. The third kappa shape index (κ3) is 2.77. The summed E-state index contributed by atoms with van der Waals surface area (Å²) in [4.78, 5) is 18.9. The summed E-state index contributed by atoms with van der Waals surface area (Å²) in [7, 11) is 0. The Morgan fingerprint density at radius 1 is 1.53 bits per heavy atom. The SMILES string of the molecule is Cc1nc(CNc2ccc(C(N)=O)cn2)no1. The molecule has 17 heavy (non-hydrogen) atoms. The molecular weight excluding hydrogens is 222 g/mol. The Kier molecular flexibility index (Phi) is 2.99. The van der Waals surface area contributed by atoms with Gasteiger partial charge >= 0.3 is 0 Å². The van der Waals surface area contributed by atoms with Crippen molar-refractivity contribution in [3.8, 4) is 0 Å². The highest BCUT2D eigenvalue weighted by atomic mass is 16.5. The van der Waals surface area contributed by atoms with Gasteiger partial charge in [0.05, 0.1) is 12.1 Å². The maximum Gasteiger partial charge on any atom is 0.250 e. The summed E-state index contributed by atoms with van der Waals surface area (Å²) in [6, 6.07) is 3.26. The lowest BCUT2D eigenvalue weighted by Gasteiger charge is -2.02. The average molecular weight is 233 g/mol. The first kappa shape index (κ1) is 11.1. The quantitative estimate of drug-likeness (QED) is 0.795. The first-order valence-corrected chi connectivity index (χ1v) is 4.94. The van der Waals surface area contributed by atoms with Crippen LogP contribution in [-0.2, 0) is 6.54 Å². The Bertz CT molecular complexity index is 520. The van der Waals surface area contributed by atoms with Crippen molar-refractivity contribution in [3.05, 3.63) is 35.6 Å². The number of primary amides is 1. The number of hydrogen-bond acceptors (Lipinski definition) is 6. The second-order valence-corrected chi connectivity index (χ2v) is 3.38. The number of anilines is 1. The fourth-order valence-corrected chi connectivity index (χ4v) is 1.23. The Labute approximate surface area is 97.0 Å². The summed E-state index contributed by atoms with van der Waals surface area (Å²) in [5, 5.41) is 6.72. The van der Waals surface area contributed by atoms with Crippen molar-refractivity contribution in [2.75, 3.05) is 5.32 Å². The van der Waals surface area contributed by atoms with E-state index in [4.69, 9.17) is 10.3 Å². The van der Waals surface area contributed by atoms with Crippen molar-refractivity contribution in [1.29, 1.82) is 0 Å². The molecule has 7 nitrogen and oxygen atoms in total. The number of nitrogens with one attached hydrogen (secondary N) is 1. The largest absolute Gasteiger partial charge is 0.366 e. The zero-order chi connectivity index (χ0) is 12.3. The number of nitrogens with zero attached hydrogens (tertiary/aromatic N) is 3. The Balaban J connectivity index is 1.97. The molecule has 2 heterocycles. The van der Waals surface area contributed by atoms with Crippen LogP contribution in [0.2, 0.25) is 0 Å². The van der Waals surface area contributed by atoms with Crippen molar-refractivity contribution in [3.63, 3.8) is 0 Å². The van der Waals surface area contributed by atoms with Crippen LogP contribution in [0, 0.1) is 6.92 Å². The van der Waals surface area contributed by atoms with E-state index in [1.54, 1.807) is 19.1 Å². The molecule has 88 valence electrons. The van der Waals surface area contributed by atoms with Crippen LogP contribution < -0.4 is 11.1 Å². The van der Waals surface area contributed by atoms with E-state index in [1.807, 2.05) is 0 Å². The van der Waals surface area contributed by atoms with Gasteiger partial charge in [-0.1, -0.05) is 5.16 Å². The van der Waals surface area contributed by atoms with Crippen LogP contribution >= 0.6 is 0 Å². The van der Waals surface area contributed by atoms with Gasteiger partial charge in [0.25, 0.3) is 0 Å². The lowest BCUT2D eigenvalue weighted by molar-refractivity contribution is 0.1000. The van der Waals surface area contributed by atoms with E-state index in [-0.39, 0.29) is 0 Å². The number of carbonyl (C=O) groups is 1. The fourth-order valence-electron chi connectivity index (χ4n) is 1.23. The van der Waals surface area contributed by atoms with E-state index >= 15 is 0 Å². The van der Waals surface area contributed by atoms with Crippen LogP contribution in [0.3, 0.4) is 0 Å². The number of nitrogens with two attached hydrogens (primary N) is 1. The predicted molar refractivity (Wildman–Crippen MR) is 59.1 cm³/mol. The molecule has 0 fully saturated rings. The number of aromatic nitrogens is 3. The summed E-state index contributed by atoms with van der Waals surface area (Å²) in [6.07, 6.45) is 1.41. The Morgan fingerprint density at radius 3 is 2.88 bits per heavy atom. The Hall–Kier alpha value is -2.44. The van der Waals surface area contributed by atoms with Gasteiger partial charge in [0.2, 0.25) is 11.8 Å². The lowest BCUT2D eigenvalue weighted by Crippen LogP contribution is -2.11. The minimum absolute atomic E-state index is 0.367. The molecule has 2 aromatic heterocycles. The number of aryl methyl sites for hydroxylation is 1. The van der Waals surface area contributed by atoms with Crippen molar-refractivity contribution >= 4 is 11.7 Å². The van der Waals surface area contributed by atoms with E-state index < -0.39 is 5.91 Å². The number of pyridine rings is 1. The molecule has 3 N–H and O–H groups in total. The summed E-state index contributed by atoms with van der Waals surface area (Å²) < 4.78 is 4.82. The molecule has 1 amide bonds. The van der Waals surface area contributed by atoms with E-state index in [2.05, 4.69) is 20.4 Å². The number of hydrogen-bond donors (Lipinski definition) is 2. The lowest BCUT2D eigenvalue weighted by atomic mass is 10.3. The molecular formula is C10H11N5O2. The highest BCUT2D eigenvalue weighted by Gasteiger charge is 2.03. The zero-order valence-corrected chi connectivity index (χ0v) is 9.17. The maximum atomic E-state index is 10.8. The van der Waals surface area contributed by atoms with Gasteiger partial charge in [-0.2, -0.15) is 4.98 Å². The normalized spacial score (nSPS) is 10.2. The minimum atomic E-state index is -0.502. The van der Waals surface area contributed by atoms with Gasteiger partial charge in [-0.25, -0.2) is 4.98 Å². The van der Waals surface area contributed by atoms with Gasteiger partial charge < -0.3 is 15.6 Å². The molecule has 7 heteroatoms. The van der Waals surface area contributed by atoms with E-state index in [0.29, 0.717) is 29.6 Å². The average Bonchev–Trinajstić information content (AvgIpc) is 2.73. The molecule has 0 aliphatic rings. The van der Waals surface area contributed by atoms with Crippen LogP contribution in [0.25, 0.3) is 0 Å². The molecule has 0 radical (unpaired) electrons. The van der Waals surface area contributed by atoms with E-state index in [0.717, 1.165) is 0 Å². The zero-order valence-electron chi connectivity index (χ0n) is 9.17. The van der Waals surface area contributed by atoms with E-state index in [1.165, 1.54) is 6.20 Å². The monoisotopic (exact) mass is 233 g/mol. The van der Waals surface area contributed by atoms with Crippen LogP contribution in [-0.4, -0.2) is 21.0 Å². The second-order valence-electron chi connectivity index (χ2n) is 3.38. The summed E-state index contributed by atoms with van der Waals surface area (Å²) in [5.74, 6) is 1.16. The third-order valence-electron chi connectivity index (χ3n) is 2.05. The molecule has 0 saturated heterocycles. The standard InChI is InChI=1S/C10H11N5O2/c1-6-14-9(15-17-6)5-13-8-3-2-7(4-12-8)10(11)16/h2-4H,5H2,1H3,(H2,11,16)(H,12,13). The van der Waals surface area contributed by atoms with Crippen molar-refractivity contribution in [2.24, 2.45) is 5.73 Å². The van der Waals surface area contributed by atoms with Crippen LogP contribution in [0.4, 0.5) is 5.82 Å². The molecule has 0 atom stereocenters. The number of rotatable bonds is 4. The molecule has 0 aliphatic carbocycles. The molecule has 0 aliphatic heterocycles. The summed E-state index contributed by atoms with van der Waals surface area (Å²) in [6.45, 7) is 2.12. The molecule has 2 rings (SSSR count). The highest BCUT2D eigenvalue weighted by molar-refractivity contribution is 5.92. The maximum absolute atomic E-state index is 10.8. The van der Waals surface area contributed by atoms with Gasteiger partial charge in [0.15, 0.2) is 5.82 Å². The fraction of sp³-hybridized carbons (Fsp3) is 0.200. The van der Waals surface area contributed by atoms with Gasteiger partial charge in [-0.3, -0.25) is 4.79 Å². The topological polar surface area (TPSA) is 107 Å². The highest BCUT2D eigenvalue weighted by Crippen LogP contribution is 2.06. The van der Waals surface area contributed by atoms with Crippen molar-refractivity contribution in [1.82, 2.24) is 15.1 Å². The van der Waals surface area contributed by atoms with Crippen molar-refractivity contribution < 1.29 is 9.32 Å². The summed E-state index contributed by atoms with van der Waals surface area (Å²) in [5.41, 5.74) is 5.47. The number of amides is 1. The molecule has 2 aromatic rings. The van der Waals surface area contributed by atoms with Crippen LogP contribution in [0.1, 0.15) is 22.1 Å². The molecule has 0 saturated carbocycles. The third-order valence-corrected chi connectivity index (χ3v) is 2.05. The van der Waals surface area contributed by atoms with Crippen LogP contribution in [0.15, 0.2) is 22.9 Å². The van der Waals surface area contributed by atoms with Crippen molar-refractivity contribution in [2.45, 2.75) is 13.5 Å². The first-order chi connectivity index (χ1) is 8.15.